The number of pyridine rings is 3. The van der Waals surface area contributed by atoms with Gasteiger partial charge in [-0.05, 0) is 86.7 Å². The van der Waals surface area contributed by atoms with Gasteiger partial charge in [-0.15, -0.1) is 0 Å². The fraction of sp³-hybridized carbons (Fsp3) is 0.512. The molecule has 2 aliphatic heterocycles. The van der Waals surface area contributed by atoms with Gasteiger partial charge in [0.25, 0.3) is 5.56 Å². The summed E-state index contributed by atoms with van der Waals surface area (Å²) < 4.78 is 23.3. The molecule has 328 valence electrons. The summed E-state index contributed by atoms with van der Waals surface area (Å²) >= 11 is 3.94. The van der Waals surface area contributed by atoms with Gasteiger partial charge in [-0.1, -0.05) is 50.6 Å². The summed E-state index contributed by atoms with van der Waals surface area (Å²) in [5.74, 6) is 2.08. The summed E-state index contributed by atoms with van der Waals surface area (Å²) in [6.45, 7) is 15.4. The van der Waals surface area contributed by atoms with Crippen LogP contribution in [0, 0.1) is 0 Å². The molecular weight excluding hydrogens is 827 g/mol. The van der Waals surface area contributed by atoms with E-state index < -0.39 is 23.6 Å². The van der Waals surface area contributed by atoms with Crippen molar-refractivity contribution in [3.05, 3.63) is 85.5 Å². The van der Waals surface area contributed by atoms with E-state index in [2.05, 4.69) is 41.2 Å². The number of aliphatic hydroxyl groups excluding tert-OH is 1. The highest BCUT2D eigenvalue weighted by Crippen LogP contribution is 2.39. The third-order valence-corrected chi connectivity index (χ3v) is 11.8. The number of hydrogen-bond donors (Lipinski definition) is 5. The average Bonchev–Trinajstić information content (AvgIpc) is 3.48. The van der Waals surface area contributed by atoms with Gasteiger partial charge < -0.3 is 44.4 Å². The Hall–Kier alpha value is -4.00. The zero-order chi connectivity index (χ0) is 43.9. The molecule has 0 saturated carbocycles. The second-order valence-corrected chi connectivity index (χ2v) is 17.4. The van der Waals surface area contributed by atoms with Crippen LogP contribution in [0.4, 0.5) is 9.59 Å². The quantitative estimate of drug-likeness (QED) is 0.0603. The number of hydrogen-bond acceptors (Lipinski definition) is 14. The first kappa shape index (κ1) is 48.7. The molecule has 3 aliphatic rings. The maximum atomic E-state index is 13.6. The number of aromatic nitrogens is 3. The summed E-state index contributed by atoms with van der Waals surface area (Å²) in [4.78, 5) is 45.7. The first-order valence-electron chi connectivity index (χ1n) is 20.3. The number of carbonyl (C=O) groups is 2. The number of nitrogens with one attached hydrogen (secondary N) is 2. The van der Waals surface area contributed by atoms with Gasteiger partial charge in [0.05, 0.1) is 42.3 Å². The lowest BCUT2D eigenvalue weighted by atomic mass is 9.85. The Morgan fingerprint density at radius 3 is 2.55 bits per heavy atom. The predicted molar refractivity (Wildman–Crippen MR) is 240 cm³/mol. The first-order chi connectivity index (χ1) is 28.8. The van der Waals surface area contributed by atoms with Crippen molar-refractivity contribution < 1.29 is 38.7 Å². The fourth-order valence-corrected chi connectivity index (χ4v) is 8.40. The van der Waals surface area contributed by atoms with Gasteiger partial charge in [0, 0.05) is 59.1 Å². The van der Waals surface area contributed by atoms with Gasteiger partial charge >= 0.3 is 12.2 Å². The van der Waals surface area contributed by atoms with Crippen LogP contribution in [0.5, 0.6) is 0 Å². The molecule has 0 radical (unpaired) electrons. The predicted octanol–water partition coefficient (Wildman–Crippen LogP) is 5.56. The lowest BCUT2D eigenvalue weighted by Gasteiger charge is -2.37. The highest BCUT2D eigenvalue weighted by atomic mass is 33.1. The molecule has 0 aromatic carbocycles. The number of ether oxygens (including phenoxy) is 4. The van der Waals surface area contributed by atoms with Crippen LogP contribution in [-0.4, -0.2) is 86.6 Å². The van der Waals surface area contributed by atoms with Crippen molar-refractivity contribution in [2.45, 2.75) is 110 Å². The van der Waals surface area contributed by atoms with Crippen LogP contribution in [0.1, 0.15) is 90.0 Å². The normalized spacial score (nSPS) is 17.1. The molecule has 2 atom stereocenters. The van der Waals surface area contributed by atoms with Gasteiger partial charge in [0.2, 0.25) is 0 Å². The maximum absolute atomic E-state index is 13.6. The minimum atomic E-state index is -1.67. The second-order valence-electron chi connectivity index (χ2n) is 14.5. The van der Waals surface area contributed by atoms with Crippen molar-refractivity contribution in [1.29, 1.82) is 0 Å². The maximum Gasteiger partial charge on any atom is 0.407 e. The Morgan fingerprint density at radius 1 is 1.10 bits per heavy atom. The fourth-order valence-electron chi connectivity index (χ4n) is 6.58. The number of fused-ring (bicyclic) bond motifs is 5. The van der Waals surface area contributed by atoms with Crippen LogP contribution in [-0.2, 0) is 44.1 Å². The molecular formula is C43H59N5O9S3. The summed E-state index contributed by atoms with van der Waals surface area (Å²) in [5, 5.41) is 29.8. The molecule has 0 bridgehead atoms. The summed E-state index contributed by atoms with van der Waals surface area (Å²) in [6, 6.07) is 7.54. The highest BCUT2D eigenvalue weighted by molar-refractivity contribution is 8.76. The molecule has 1 aliphatic carbocycles. The molecule has 6 rings (SSSR count). The molecule has 17 heteroatoms. The second kappa shape index (κ2) is 23.3. The Morgan fingerprint density at radius 2 is 1.87 bits per heavy atom. The van der Waals surface area contributed by atoms with E-state index in [1.54, 1.807) is 45.3 Å². The number of alkyl carbamates (subject to hydrolysis) is 2. The minimum Gasteiger partial charge on any atom is -0.498 e. The van der Waals surface area contributed by atoms with Crippen molar-refractivity contribution in [3.63, 3.8) is 0 Å². The minimum absolute atomic E-state index is 0.0551. The topological polar surface area (TPSA) is 183 Å². The molecule has 0 fully saturated rings. The van der Waals surface area contributed by atoms with Crippen LogP contribution in [0.2, 0.25) is 0 Å². The zero-order valence-electron chi connectivity index (χ0n) is 35.5. The van der Waals surface area contributed by atoms with Gasteiger partial charge in [-0.3, -0.25) is 4.79 Å². The molecule has 1 unspecified atom stereocenters. The van der Waals surface area contributed by atoms with Crippen molar-refractivity contribution in [2.24, 2.45) is 0 Å². The number of rotatable bonds is 14. The largest absolute Gasteiger partial charge is 0.498 e. The molecule has 2 amide bonds. The Bertz CT molecular complexity index is 2140. The lowest BCUT2D eigenvalue weighted by Crippen LogP contribution is -2.47. The summed E-state index contributed by atoms with van der Waals surface area (Å²) in [7, 11) is 3.13. The molecule has 0 saturated heterocycles. The van der Waals surface area contributed by atoms with Crippen LogP contribution in [0.15, 0.2) is 52.1 Å². The van der Waals surface area contributed by atoms with Crippen molar-refractivity contribution in [1.82, 2.24) is 25.2 Å². The summed E-state index contributed by atoms with van der Waals surface area (Å²) in [6.07, 6.45) is 7.63. The van der Waals surface area contributed by atoms with Crippen LogP contribution < -0.4 is 26.8 Å². The van der Waals surface area contributed by atoms with E-state index in [0.717, 1.165) is 38.9 Å². The lowest BCUT2D eigenvalue weighted by molar-refractivity contribution is -0.236. The van der Waals surface area contributed by atoms with Gasteiger partial charge in [0.15, 0.2) is 6.29 Å². The molecule has 14 nitrogen and oxygen atoms in total. The molecule has 3 aromatic heterocycles. The highest BCUT2D eigenvalue weighted by Gasteiger charge is 2.44. The van der Waals surface area contributed by atoms with Crippen LogP contribution in [0.25, 0.3) is 23.5 Å². The average molecular weight is 886 g/mol. The number of amides is 2. The third-order valence-electron chi connectivity index (χ3n) is 9.37. The van der Waals surface area contributed by atoms with Gasteiger partial charge in [-0.25, -0.2) is 19.6 Å². The number of carbonyl (C=O) groups excluding carboxylic acids is 2. The third kappa shape index (κ3) is 12.8. The van der Waals surface area contributed by atoms with Crippen molar-refractivity contribution in [3.8, 4) is 11.4 Å². The van der Waals surface area contributed by atoms with Gasteiger partial charge in [0.1, 0.15) is 22.8 Å². The summed E-state index contributed by atoms with van der Waals surface area (Å²) in [5.41, 5.74) is 1.92. The number of thiol groups is 1. The zero-order valence-corrected chi connectivity index (χ0v) is 38.1. The van der Waals surface area contributed by atoms with E-state index in [1.807, 2.05) is 65.0 Å². The molecule has 60 heavy (non-hydrogen) atoms. The molecule has 0 spiro atoms. The Labute approximate surface area is 365 Å². The van der Waals surface area contributed by atoms with Crippen LogP contribution >= 0.6 is 34.2 Å². The number of nitrogens with zero attached hydrogens (tertiary/aromatic N) is 3. The Balaban J connectivity index is 0.000000532. The molecule has 4 N–H and O–H groups in total. The van der Waals surface area contributed by atoms with Crippen LogP contribution in [0.3, 0.4) is 0 Å². The molecule has 5 heterocycles. The van der Waals surface area contributed by atoms with E-state index in [9.17, 15) is 24.6 Å². The van der Waals surface area contributed by atoms with E-state index in [-0.39, 0.29) is 24.7 Å². The Kier molecular flexibility index (Phi) is 18.9. The van der Waals surface area contributed by atoms with Crippen molar-refractivity contribution >= 4 is 58.6 Å². The van der Waals surface area contributed by atoms with E-state index in [4.69, 9.17) is 23.9 Å². The van der Waals surface area contributed by atoms with E-state index in [0.29, 0.717) is 79.7 Å². The van der Waals surface area contributed by atoms with Crippen molar-refractivity contribution in [2.75, 3.05) is 37.8 Å². The van der Waals surface area contributed by atoms with Gasteiger partial charge in [-0.2, -0.15) is 12.6 Å². The number of allylic oxidation sites excluding steroid dienone is 2. The van der Waals surface area contributed by atoms with E-state index >= 15 is 0 Å². The first-order valence-corrected chi connectivity index (χ1v) is 23.3. The molecule has 3 aromatic rings. The SMILES string of the molecule is CC.CC(C)(C)OC(=O)NCCS.CCc1c2c(nc3c1=CCC(OCCCNC(=O)OCCSSc1ccccn1)=CC=3)-c1cc3c(c(=O)n1C2)COC(O)[C@]3(O)CC. The standard InChI is InChI=1S/C34H38N4O7S2.C7H15NO2S.C2H6/c1-3-22-23-11-9-21(43-15-7-14-36-33(41)44-16-17-46-47-29-8-5-6-13-35-29)10-12-27(23)37-30-24(22)19-38-28(30)18-26-25(31(38)39)20-45-32(40)34(26,42)4-2;1-7(2,3)10-6(9)8-4-5-11;1-2/h5-6,8,10-13,18,32,40,42H,3-4,7,9,14-17,19-20H2,1-2H3,(H,36,41);11H,4-5H2,1-3H3,(H,8,9);1-2H3/t32?,34-;;/m0../s1. The number of aliphatic hydroxyl groups is 2. The smallest absolute Gasteiger partial charge is 0.407 e. The monoisotopic (exact) mass is 885 g/mol. The van der Waals surface area contributed by atoms with E-state index in [1.165, 1.54) is 0 Å².